The van der Waals surface area contributed by atoms with E-state index in [1.165, 1.54) is 14.2 Å². The molecule has 1 aliphatic heterocycles. The predicted molar refractivity (Wildman–Crippen MR) is 108 cm³/mol. The average Bonchev–Trinajstić information content (AvgIpc) is 3.11. The Hall–Kier alpha value is -3.13. The minimum absolute atomic E-state index is 0.335. The standard InChI is InChI=1S/C21H26N4O4/c1-14-8-9-18(21(27)24(3)28-4)22-20(26)19-12-15(2)23-25(19)16-6-5-7-17(13-16)29-11-10-14/h5-8,12-13,18H,9-11H2,1-4H3,(H,22,26)/b14-8+. The largest absolute Gasteiger partial charge is 0.493 e. The molecule has 2 aromatic rings. The lowest BCUT2D eigenvalue weighted by Gasteiger charge is -2.22. The summed E-state index contributed by atoms with van der Waals surface area (Å²) in [4.78, 5) is 30.8. The van der Waals surface area contributed by atoms with Crippen LogP contribution in [0.15, 0.2) is 42.0 Å². The summed E-state index contributed by atoms with van der Waals surface area (Å²) < 4.78 is 7.42. The van der Waals surface area contributed by atoms with E-state index >= 15 is 0 Å². The van der Waals surface area contributed by atoms with Crippen molar-refractivity contribution >= 4 is 11.8 Å². The molecule has 2 bridgehead atoms. The van der Waals surface area contributed by atoms with Gasteiger partial charge in [-0.15, -0.1) is 0 Å². The molecule has 2 heterocycles. The summed E-state index contributed by atoms with van der Waals surface area (Å²) in [5, 5.41) is 8.40. The highest BCUT2D eigenvalue weighted by atomic mass is 16.7. The van der Waals surface area contributed by atoms with Crippen LogP contribution in [-0.4, -0.2) is 53.5 Å². The number of fused-ring (bicyclic) bond motifs is 4. The Morgan fingerprint density at radius 3 is 2.90 bits per heavy atom. The highest BCUT2D eigenvalue weighted by molar-refractivity contribution is 5.96. The molecule has 8 heteroatoms. The summed E-state index contributed by atoms with van der Waals surface area (Å²) in [6, 6.07) is 8.36. The molecule has 0 fully saturated rings. The van der Waals surface area contributed by atoms with Crippen molar-refractivity contribution in [1.82, 2.24) is 20.2 Å². The first-order chi connectivity index (χ1) is 13.9. The number of ether oxygens (including phenoxy) is 1. The lowest BCUT2D eigenvalue weighted by molar-refractivity contribution is -0.170. The van der Waals surface area contributed by atoms with E-state index < -0.39 is 6.04 Å². The highest BCUT2D eigenvalue weighted by Gasteiger charge is 2.26. The van der Waals surface area contributed by atoms with E-state index in [-0.39, 0.29) is 11.8 Å². The van der Waals surface area contributed by atoms with Crippen molar-refractivity contribution in [2.45, 2.75) is 32.7 Å². The number of benzene rings is 1. The summed E-state index contributed by atoms with van der Waals surface area (Å²) in [6.07, 6.45) is 3.01. The van der Waals surface area contributed by atoms with Crippen molar-refractivity contribution in [2.75, 3.05) is 20.8 Å². The maximum Gasteiger partial charge on any atom is 0.270 e. The topological polar surface area (TPSA) is 85.7 Å². The van der Waals surface area contributed by atoms with E-state index in [4.69, 9.17) is 9.57 Å². The van der Waals surface area contributed by atoms with Crippen molar-refractivity contribution in [3.8, 4) is 11.4 Å². The third-order valence-corrected chi connectivity index (χ3v) is 4.78. The molecule has 1 unspecified atom stereocenters. The van der Waals surface area contributed by atoms with E-state index in [0.717, 1.165) is 10.6 Å². The molecule has 1 aromatic carbocycles. The zero-order valence-corrected chi connectivity index (χ0v) is 17.1. The molecule has 29 heavy (non-hydrogen) atoms. The number of carbonyl (C=O) groups excluding carboxylic acids is 2. The maximum atomic E-state index is 13.1. The summed E-state index contributed by atoms with van der Waals surface area (Å²) >= 11 is 0. The Balaban J connectivity index is 2.02. The van der Waals surface area contributed by atoms with E-state index in [1.54, 1.807) is 10.7 Å². The normalized spacial score (nSPS) is 19.1. The molecule has 2 amide bonds. The fourth-order valence-electron chi connectivity index (χ4n) is 3.08. The van der Waals surface area contributed by atoms with Gasteiger partial charge in [0.1, 0.15) is 17.5 Å². The van der Waals surface area contributed by atoms with E-state index in [2.05, 4.69) is 10.4 Å². The summed E-state index contributed by atoms with van der Waals surface area (Å²) in [5.74, 6) is -0.0115. The van der Waals surface area contributed by atoms with Gasteiger partial charge < -0.3 is 10.1 Å². The minimum atomic E-state index is -0.763. The van der Waals surface area contributed by atoms with Gasteiger partial charge in [-0.1, -0.05) is 17.7 Å². The Morgan fingerprint density at radius 1 is 1.34 bits per heavy atom. The average molecular weight is 398 g/mol. The summed E-state index contributed by atoms with van der Waals surface area (Å²) in [5.41, 5.74) is 2.82. The Labute approximate surface area is 170 Å². The minimum Gasteiger partial charge on any atom is -0.493 e. The molecular weight excluding hydrogens is 372 g/mol. The number of hydrogen-bond acceptors (Lipinski definition) is 5. The van der Waals surface area contributed by atoms with Gasteiger partial charge >= 0.3 is 0 Å². The molecule has 0 aliphatic carbocycles. The van der Waals surface area contributed by atoms with Crippen molar-refractivity contribution in [3.63, 3.8) is 0 Å². The molecule has 1 aromatic heterocycles. The van der Waals surface area contributed by atoms with Crippen LogP contribution >= 0.6 is 0 Å². The SMILES string of the molecule is CON(C)C(=O)C1C/C=C(\C)CCOc2cccc(c2)-n2nc(C)cc2C(=O)N1. The zero-order valence-electron chi connectivity index (χ0n) is 17.1. The van der Waals surface area contributed by atoms with Gasteiger partial charge in [-0.3, -0.25) is 14.4 Å². The lowest BCUT2D eigenvalue weighted by Crippen LogP contribution is -2.47. The van der Waals surface area contributed by atoms with Gasteiger partial charge in [0.15, 0.2) is 0 Å². The molecule has 154 valence electrons. The molecule has 0 saturated carbocycles. The van der Waals surface area contributed by atoms with E-state index in [1.807, 2.05) is 44.2 Å². The number of hydrogen-bond donors (Lipinski definition) is 1. The van der Waals surface area contributed by atoms with Gasteiger partial charge in [0.2, 0.25) is 0 Å². The summed E-state index contributed by atoms with van der Waals surface area (Å²) in [6.45, 7) is 4.31. The van der Waals surface area contributed by atoms with Crippen LogP contribution in [0.1, 0.15) is 35.9 Å². The van der Waals surface area contributed by atoms with Gasteiger partial charge in [-0.25, -0.2) is 9.75 Å². The molecule has 8 nitrogen and oxygen atoms in total. The first-order valence-corrected chi connectivity index (χ1v) is 9.47. The smallest absolute Gasteiger partial charge is 0.270 e. The van der Waals surface area contributed by atoms with Crippen LogP contribution in [0, 0.1) is 6.92 Å². The number of likely N-dealkylation sites (N-methyl/N-ethyl adjacent to an activating group) is 1. The van der Waals surface area contributed by atoms with Crippen molar-refractivity contribution in [2.24, 2.45) is 0 Å². The summed E-state index contributed by atoms with van der Waals surface area (Å²) in [7, 11) is 2.93. The molecule has 1 atom stereocenters. The van der Waals surface area contributed by atoms with Crippen LogP contribution in [0.2, 0.25) is 0 Å². The number of amides is 2. The van der Waals surface area contributed by atoms with Crippen LogP contribution < -0.4 is 10.1 Å². The Kier molecular flexibility index (Phi) is 6.33. The predicted octanol–water partition coefficient (Wildman–Crippen LogP) is 2.42. The van der Waals surface area contributed by atoms with Crippen molar-refractivity contribution in [3.05, 3.63) is 53.4 Å². The third-order valence-electron chi connectivity index (χ3n) is 4.78. The molecule has 0 radical (unpaired) electrons. The van der Waals surface area contributed by atoms with Crippen molar-refractivity contribution < 1.29 is 19.2 Å². The second kappa shape index (κ2) is 8.91. The number of carbonyl (C=O) groups is 2. The molecule has 0 spiro atoms. The van der Waals surface area contributed by atoms with Crippen LogP contribution in [0.3, 0.4) is 0 Å². The number of nitrogens with zero attached hydrogens (tertiary/aromatic N) is 3. The number of nitrogens with one attached hydrogen (secondary N) is 1. The first-order valence-electron chi connectivity index (χ1n) is 9.47. The number of aryl methyl sites for hydroxylation is 1. The second-order valence-corrected chi connectivity index (χ2v) is 7.01. The monoisotopic (exact) mass is 398 g/mol. The highest BCUT2D eigenvalue weighted by Crippen LogP contribution is 2.20. The van der Waals surface area contributed by atoms with Crippen LogP contribution in [0.4, 0.5) is 0 Å². The number of hydroxylamine groups is 2. The Bertz CT molecular complexity index is 935. The van der Waals surface area contributed by atoms with E-state index in [0.29, 0.717) is 42.3 Å². The van der Waals surface area contributed by atoms with Crippen LogP contribution in [-0.2, 0) is 9.63 Å². The maximum absolute atomic E-state index is 13.1. The first kappa shape index (κ1) is 20.6. The quantitative estimate of drug-likeness (QED) is 0.620. The lowest BCUT2D eigenvalue weighted by atomic mass is 10.1. The molecule has 0 saturated heterocycles. The zero-order chi connectivity index (χ0) is 21.0. The van der Waals surface area contributed by atoms with Crippen molar-refractivity contribution in [1.29, 1.82) is 0 Å². The number of aromatic nitrogens is 2. The number of rotatable bonds is 2. The van der Waals surface area contributed by atoms with Gasteiger partial charge in [-0.05, 0) is 38.5 Å². The molecule has 3 rings (SSSR count). The molecular formula is C21H26N4O4. The van der Waals surface area contributed by atoms with E-state index in [9.17, 15) is 9.59 Å². The molecule has 1 aliphatic rings. The van der Waals surface area contributed by atoms with Gasteiger partial charge in [0, 0.05) is 19.5 Å². The fourth-order valence-corrected chi connectivity index (χ4v) is 3.08. The van der Waals surface area contributed by atoms with Gasteiger partial charge in [0.25, 0.3) is 11.8 Å². The van der Waals surface area contributed by atoms with Gasteiger partial charge in [-0.2, -0.15) is 5.10 Å². The van der Waals surface area contributed by atoms with Crippen LogP contribution in [0.25, 0.3) is 5.69 Å². The third kappa shape index (κ3) is 4.83. The Morgan fingerprint density at radius 2 is 2.14 bits per heavy atom. The second-order valence-electron chi connectivity index (χ2n) is 7.01. The fraction of sp³-hybridized carbons (Fsp3) is 0.381. The van der Waals surface area contributed by atoms with Crippen LogP contribution in [0.5, 0.6) is 5.75 Å². The van der Waals surface area contributed by atoms with Gasteiger partial charge in [0.05, 0.1) is 25.1 Å². The molecule has 1 N–H and O–H groups in total.